The van der Waals surface area contributed by atoms with E-state index in [4.69, 9.17) is 5.11 Å². The number of aliphatic carboxylic acids is 1. The first kappa shape index (κ1) is 12.7. The molecule has 1 saturated heterocycles. The van der Waals surface area contributed by atoms with E-state index in [9.17, 15) is 9.59 Å². The molecular weight excluding hydrogens is 254 g/mol. The summed E-state index contributed by atoms with van der Waals surface area (Å²) in [6.45, 7) is 1.57. The van der Waals surface area contributed by atoms with Gasteiger partial charge in [-0.3, -0.25) is 9.59 Å². The van der Waals surface area contributed by atoms with Gasteiger partial charge in [-0.25, -0.2) is 0 Å². The molecule has 0 bridgehead atoms. The van der Waals surface area contributed by atoms with E-state index in [0.29, 0.717) is 17.2 Å². The Morgan fingerprint density at radius 3 is 2.00 bits per heavy atom. The van der Waals surface area contributed by atoms with Crippen LogP contribution in [0.25, 0.3) is 0 Å². The highest BCUT2D eigenvalue weighted by molar-refractivity contribution is 5.83. The topological polar surface area (TPSA) is 57.6 Å². The van der Waals surface area contributed by atoms with Gasteiger partial charge in [0.1, 0.15) is 0 Å². The van der Waals surface area contributed by atoms with Gasteiger partial charge in [0.25, 0.3) is 0 Å². The van der Waals surface area contributed by atoms with Crippen molar-refractivity contribution in [3.05, 3.63) is 0 Å². The Balaban J connectivity index is 1.34. The molecule has 4 rings (SSSR count). The van der Waals surface area contributed by atoms with Gasteiger partial charge < -0.3 is 10.0 Å². The van der Waals surface area contributed by atoms with Crippen molar-refractivity contribution in [2.24, 2.45) is 22.7 Å². The Kier molecular flexibility index (Phi) is 2.52. The number of rotatable bonds is 2. The molecule has 3 saturated carbocycles. The zero-order valence-electron chi connectivity index (χ0n) is 11.9. The zero-order valence-corrected chi connectivity index (χ0v) is 11.9. The maximum Gasteiger partial charge on any atom is 0.307 e. The van der Waals surface area contributed by atoms with Gasteiger partial charge >= 0.3 is 5.97 Å². The van der Waals surface area contributed by atoms with Gasteiger partial charge in [0, 0.05) is 19.0 Å². The van der Waals surface area contributed by atoms with Gasteiger partial charge in [-0.2, -0.15) is 0 Å². The van der Waals surface area contributed by atoms with Crippen LogP contribution in [0.1, 0.15) is 51.4 Å². The SMILES string of the molecule is O=C(O)C1CC12CCN(C(=O)C1CC13CCCC3)CC2. The summed E-state index contributed by atoms with van der Waals surface area (Å²) in [5, 5.41) is 9.10. The highest BCUT2D eigenvalue weighted by Crippen LogP contribution is 2.64. The summed E-state index contributed by atoms with van der Waals surface area (Å²) in [6, 6.07) is 0. The van der Waals surface area contributed by atoms with Crippen molar-refractivity contribution in [1.29, 1.82) is 0 Å². The van der Waals surface area contributed by atoms with E-state index < -0.39 is 5.97 Å². The van der Waals surface area contributed by atoms with E-state index >= 15 is 0 Å². The summed E-state index contributed by atoms with van der Waals surface area (Å²) in [5.41, 5.74) is 0.423. The van der Waals surface area contributed by atoms with Crippen molar-refractivity contribution in [3.8, 4) is 0 Å². The molecule has 4 nitrogen and oxygen atoms in total. The molecule has 2 atom stereocenters. The van der Waals surface area contributed by atoms with Crippen molar-refractivity contribution in [2.45, 2.75) is 51.4 Å². The number of hydrogen-bond acceptors (Lipinski definition) is 2. The molecule has 3 aliphatic carbocycles. The normalized spacial score (nSPS) is 36.3. The minimum atomic E-state index is -0.642. The molecule has 110 valence electrons. The molecule has 4 aliphatic rings. The van der Waals surface area contributed by atoms with Gasteiger partial charge in [0.05, 0.1) is 5.92 Å². The van der Waals surface area contributed by atoms with Crippen molar-refractivity contribution in [3.63, 3.8) is 0 Å². The molecular formula is C16H23NO3. The Labute approximate surface area is 119 Å². The van der Waals surface area contributed by atoms with E-state index in [-0.39, 0.29) is 11.3 Å². The van der Waals surface area contributed by atoms with Crippen LogP contribution >= 0.6 is 0 Å². The lowest BCUT2D eigenvalue weighted by atomic mass is 9.90. The van der Waals surface area contributed by atoms with Gasteiger partial charge in [0.15, 0.2) is 0 Å². The third-order valence-corrected chi connectivity index (χ3v) is 6.65. The number of carboxylic acids is 1. The lowest BCUT2D eigenvalue weighted by molar-refractivity contribution is -0.140. The van der Waals surface area contributed by atoms with Crippen LogP contribution in [0.5, 0.6) is 0 Å². The predicted molar refractivity (Wildman–Crippen MR) is 73.0 cm³/mol. The lowest BCUT2D eigenvalue weighted by Gasteiger charge is -2.33. The van der Waals surface area contributed by atoms with Crippen LogP contribution in [0.2, 0.25) is 0 Å². The molecule has 0 aromatic carbocycles. The first-order chi connectivity index (χ1) is 9.56. The number of likely N-dealkylation sites (tertiary alicyclic amines) is 1. The average molecular weight is 277 g/mol. The maximum absolute atomic E-state index is 12.6. The largest absolute Gasteiger partial charge is 0.481 e. The number of carbonyl (C=O) groups is 2. The first-order valence-electron chi connectivity index (χ1n) is 8.08. The van der Waals surface area contributed by atoms with Crippen LogP contribution in [-0.2, 0) is 9.59 Å². The van der Waals surface area contributed by atoms with Crippen LogP contribution in [0, 0.1) is 22.7 Å². The molecule has 1 heterocycles. The van der Waals surface area contributed by atoms with Crippen molar-refractivity contribution in [2.75, 3.05) is 13.1 Å². The number of amides is 1. The number of nitrogens with zero attached hydrogens (tertiary/aromatic N) is 1. The molecule has 1 amide bonds. The summed E-state index contributed by atoms with van der Waals surface area (Å²) >= 11 is 0. The molecule has 0 radical (unpaired) electrons. The summed E-state index contributed by atoms with van der Waals surface area (Å²) in [7, 11) is 0. The minimum absolute atomic E-state index is 0.0389. The highest BCUT2D eigenvalue weighted by Gasteiger charge is 2.62. The number of piperidine rings is 1. The second-order valence-corrected chi connectivity index (χ2v) is 7.61. The Morgan fingerprint density at radius 1 is 0.900 bits per heavy atom. The molecule has 2 spiro atoms. The summed E-state index contributed by atoms with van der Waals surface area (Å²) in [4.78, 5) is 25.7. The highest BCUT2D eigenvalue weighted by atomic mass is 16.4. The van der Waals surface area contributed by atoms with E-state index in [1.165, 1.54) is 25.7 Å². The zero-order chi connectivity index (χ0) is 14.0. The third-order valence-electron chi connectivity index (χ3n) is 6.65. The summed E-state index contributed by atoms with van der Waals surface area (Å²) < 4.78 is 0. The lowest BCUT2D eigenvalue weighted by Crippen LogP contribution is -2.41. The molecule has 20 heavy (non-hydrogen) atoms. The smallest absolute Gasteiger partial charge is 0.307 e. The van der Waals surface area contributed by atoms with Crippen LogP contribution in [-0.4, -0.2) is 35.0 Å². The standard InChI is InChI=1S/C16H23NO3/c18-13(11-9-15(11)3-1-2-4-15)17-7-5-16(6-8-17)10-12(16)14(19)20/h11-12H,1-10H2,(H,19,20). The van der Waals surface area contributed by atoms with Gasteiger partial charge in [0.2, 0.25) is 5.91 Å². The average Bonchev–Trinajstić information content (AvgIpc) is 3.24. The Morgan fingerprint density at radius 2 is 1.45 bits per heavy atom. The molecule has 4 fully saturated rings. The maximum atomic E-state index is 12.6. The van der Waals surface area contributed by atoms with Crippen LogP contribution in [0.3, 0.4) is 0 Å². The quantitative estimate of drug-likeness (QED) is 0.842. The first-order valence-corrected chi connectivity index (χ1v) is 8.08. The van der Waals surface area contributed by atoms with E-state index in [2.05, 4.69) is 0 Å². The number of hydrogen-bond donors (Lipinski definition) is 1. The molecule has 1 N–H and O–H groups in total. The number of carboxylic acid groups (broad SMARTS) is 1. The molecule has 2 unspecified atom stereocenters. The second-order valence-electron chi connectivity index (χ2n) is 7.61. The van der Waals surface area contributed by atoms with Crippen LogP contribution in [0.4, 0.5) is 0 Å². The third kappa shape index (κ3) is 1.73. The fourth-order valence-electron chi connectivity index (χ4n) is 4.97. The minimum Gasteiger partial charge on any atom is -0.481 e. The number of carbonyl (C=O) groups excluding carboxylic acids is 1. The van der Waals surface area contributed by atoms with Gasteiger partial charge in [-0.1, -0.05) is 12.8 Å². The second kappa shape index (κ2) is 3.99. The summed E-state index contributed by atoms with van der Waals surface area (Å²) in [5.74, 6) is -0.110. The molecule has 1 aliphatic heterocycles. The fraction of sp³-hybridized carbons (Fsp3) is 0.875. The van der Waals surface area contributed by atoms with Crippen LogP contribution < -0.4 is 0 Å². The van der Waals surface area contributed by atoms with Crippen LogP contribution in [0.15, 0.2) is 0 Å². The van der Waals surface area contributed by atoms with E-state index in [1.54, 1.807) is 0 Å². The van der Waals surface area contributed by atoms with Crippen molar-refractivity contribution < 1.29 is 14.7 Å². The molecule has 0 aromatic heterocycles. The molecule has 4 heteroatoms. The van der Waals surface area contributed by atoms with Crippen molar-refractivity contribution in [1.82, 2.24) is 4.90 Å². The Hall–Kier alpha value is -1.06. The monoisotopic (exact) mass is 277 g/mol. The Bertz CT molecular complexity index is 458. The predicted octanol–water partition coefficient (Wildman–Crippen LogP) is 2.28. The van der Waals surface area contributed by atoms with E-state index in [1.807, 2.05) is 4.90 Å². The summed E-state index contributed by atoms with van der Waals surface area (Å²) in [6.07, 6.45) is 8.85. The van der Waals surface area contributed by atoms with Gasteiger partial charge in [-0.05, 0) is 49.4 Å². The van der Waals surface area contributed by atoms with E-state index in [0.717, 1.165) is 38.8 Å². The van der Waals surface area contributed by atoms with Crippen molar-refractivity contribution >= 4 is 11.9 Å². The molecule has 0 aromatic rings. The van der Waals surface area contributed by atoms with Gasteiger partial charge in [-0.15, -0.1) is 0 Å². The fourth-order valence-corrected chi connectivity index (χ4v) is 4.97.